The summed E-state index contributed by atoms with van der Waals surface area (Å²) in [6, 6.07) is 22.3. The number of benzene rings is 4. The first-order chi connectivity index (χ1) is 18.4. The van der Waals surface area contributed by atoms with Gasteiger partial charge in [-0.05, 0) is 58.8 Å². The van der Waals surface area contributed by atoms with E-state index < -0.39 is 17.8 Å². The average Bonchev–Trinajstić information content (AvgIpc) is 2.90. The lowest BCUT2D eigenvalue weighted by molar-refractivity contribution is -0.122. The number of hydrogen-bond donors (Lipinski definition) is 1. The summed E-state index contributed by atoms with van der Waals surface area (Å²) in [5.41, 5.74) is 1.22. The topological polar surface area (TPSA) is 84.9 Å². The third kappa shape index (κ3) is 4.94. The summed E-state index contributed by atoms with van der Waals surface area (Å²) in [4.78, 5) is 39.5. The van der Waals surface area contributed by atoms with Crippen LogP contribution in [-0.2, 0) is 16.2 Å². The Morgan fingerprint density at radius 2 is 1.66 bits per heavy atom. The van der Waals surface area contributed by atoms with Gasteiger partial charge in [-0.25, -0.2) is 9.69 Å². The van der Waals surface area contributed by atoms with Gasteiger partial charge in [0.05, 0.1) is 17.8 Å². The maximum Gasteiger partial charge on any atom is 0.335 e. The monoisotopic (exact) mass is 546 g/mol. The SMILES string of the molecule is COc1ccc(N2C(=O)NC(=O)/C(=C\c3cc(Cl)cc(Cl)c3OCc3cccc4ccccc34)C2=O)cc1. The molecule has 1 saturated heterocycles. The van der Waals surface area contributed by atoms with Crippen LogP contribution in [0.2, 0.25) is 10.0 Å². The van der Waals surface area contributed by atoms with Gasteiger partial charge >= 0.3 is 6.03 Å². The summed E-state index contributed by atoms with van der Waals surface area (Å²) in [6.45, 7) is 0.176. The molecular weight excluding hydrogens is 527 g/mol. The normalized spacial score (nSPS) is 14.7. The molecule has 1 aliphatic rings. The van der Waals surface area contributed by atoms with Crippen molar-refractivity contribution in [2.75, 3.05) is 12.0 Å². The van der Waals surface area contributed by atoms with E-state index in [-0.39, 0.29) is 33.7 Å². The number of carbonyl (C=O) groups excluding carboxylic acids is 3. The van der Waals surface area contributed by atoms with Crippen molar-refractivity contribution >= 4 is 63.6 Å². The Kier molecular flexibility index (Phi) is 7.05. The first-order valence-corrected chi connectivity index (χ1v) is 12.3. The van der Waals surface area contributed by atoms with Crippen molar-refractivity contribution in [1.82, 2.24) is 5.32 Å². The Labute approximate surface area is 228 Å². The van der Waals surface area contributed by atoms with Crippen LogP contribution in [0.3, 0.4) is 0 Å². The van der Waals surface area contributed by atoms with Gasteiger partial charge in [0.15, 0.2) is 0 Å². The molecule has 1 fully saturated rings. The van der Waals surface area contributed by atoms with Gasteiger partial charge in [0, 0.05) is 10.6 Å². The number of methoxy groups -OCH3 is 1. The highest BCUT2D eigenvalue weighted by molar-refractivity contribution is 6.40. The van der Waals surface area contributed by atoms with Crippen LogP contribution in [0.1, 0.15) is 11.1 Å². The number of nitrogens with one attached hydrogen (secondary N) is 1. The summed E-state index contributed by atoms with van der Waals surface area (Å²) in [5, 5.41) is 4.78. The Hall–Kier alpha value is -4.33. The van der Waals surface area contributed by atoms with Crippen LogP contribution in [-0.4, -0.2) is 25.0 Å². The number of anilines is 1. The van der Waals surface area contributed by atoms with Crippen LogP contribution in [0.15, 0.2) is 84.4 Å². The van der Waals surface area contributed by atoms with Crippen LogP contribution in [0, 0.1) is 0 Å². The Morgan fingerprint density at radius 1 is 0.921 bits per heavy atom. The van der Waals surface area contributed by atoms with Gasteiger partial charge in [-0.1, -0.05) is 65.7 Å². The van der Waals surface area contributed by atoms with E-state index in [0.29, 0.717) is 11.3 Å². The van der Waals surface area contributed by atoms with Gasteiger partial charge in [-0.3, -0.25) is 14.9 Å². The maximum atomic E-state index is 13.4. The van der Waals surface area contributed by atoms with E-state index >= 15 is 0 Å². The molecule has 0 saturated carbocycles. The minimum atomic E-state index is -0.862. The molecule has 7 nitrogen and oxygen atoms in total. The smallest absolute Gasteiger partial charge is 0.335 e. The van der Waals surface area contributed by atoms with Crippen molar-refractivity contribution in [3.8, 4) is 11.5 Å². The van der Waals surface area contributed by atoms with Crippen molar-refractivity contribution in [1.29, 1.82) is 0 Å². The van der Waals surface area contributed by atoms with E-state index in [0.717, 1.165) is 21.2 Å². The predicted molar refractivity (Wildman–Crippen MR) is 147 cm³/mol. The molecule has 5 rings (SSSR count). The molecule has 0 radical (unpaired) electrons. The number of rotatable bonds is 6. The Balaban J connectivity index is 1.50. The zero-order chi connectivity index (χ0) is 26.8. The predicted octanol–water partition coefficient (Wildman–Crippen LogP) is 6.40. The lowest BCUT2D eigenvalue weighted by Crippen LogP contribution is -2.54. The average molecular weight is 547 g/mol. The molecular formula is C29H20Cl2N2O5. The Morgan fingerprint density at radius 3 is 2.42 bits per heavy atom. The summed E-state index contributed by atoms with van der Waals surface area (Å²) < 4.78 is 11.2. The maximum absolute atomic E-state index is 13.4. The molecule has 1 heterocycles. The van der Waals surface area contributed by atoms with Crippen molar-refractivity contribution in [2.45, 2.75) is 6.61 Å². The second kappa shape index (κ2) is 10.6. The number of barbiturate groups is 1. The fourth-order valence-electron chi connectivity index (χ4n) is 4.19. The van der Waals surface area contributed by atoms with Crippen LogP contribution in [0.25, 0.3) is 16.8 Å². The molecule has 1 N–H and O–H groups in total. The highest BCUT2D eigenvalue weighted by Gasteiger charge is 2.37. The largest absolute Gasteiger partial charge is 0.497 e. The van der Waals surface area contributed by atoms with Crippen molar-refractivity contribution in [2.24, 2.45) is 0 Å². The molecule has 1 aliphatic heterocycles. The highest BCUT2D eigenvalue weighted by Crippen LogP contribution is 2.36. The number of imide groups is 2. The van der Waals surface area contributed by atoms with E-state index in [9.17, 15) is 14.4 Å². The second-order valence-electron chi connectivity index (χ2n) is 8.39. The molecule has 0 unspecified atom stereocenters. The number of carbonyl (C=O) groups is 3. The van der Waals surface area contributed by atoms with Crippen LogP contribution < -0.4 is 19.7 Å². The standard InChI is InChI=1S/C29H20Cl2N2O5/c1-37-22-11-9-21(10-12-22)33-28(35)24(27(34)32-29(33)36)14-19-13-20(30)15-25(31)26(19)38-16-18-7-4-6-17-5-2-3-8-23(17)18/h2-15H,16H2,1H3,(H,32,34,36)/b24-14+. The van der Waals surface area contributed by atoms with Gasteiger partial charge in [-0.15, -0.1) is 0 Å². The third-order valence-corrected chi connectivity index (χ3v) is 6.52. The summed E-state index contributed by atoms with van der Waals surface area (Å²) in [5.74, 6) is -0.863. The van der Waals surface area contributed by atoms with Crippen molar-refractivity contribution < 1.29 is 23.9 Å². The number of urea groups is 1. The number of amides is 4. The van der Waals surface area contributed by atoms with Gasteiger partial charge in [0.25, 0.3) is 11.8 Å². The second-order valence-corrected chi connectivity index (χ2v) is 9.23. The highest BCUT2D eigenvalue weighted by atomic mass is 35.5. The number of nitrogens with zero attached hydrogens (tertiary/aromatic N) is 1. The molecule has 0 bridgehead atoms. The molecule has 190 valence electrons. The van der Waals surface area contributed by atoms with E-state index in [4.69, 9.17) is 32.7 Å². The molecule has 9 heteroatoms. The van der Waals surface area contributed by atoms with E-state index in [2.05, 4.69) is 5.32 Å². The first kappa shape index (κ1) is 25.3. The molecule has 4 amide bonds. The molecule has 4 aromatic carbocycles. The van der Waals surface area contributed by atoms with Crippen LogP contribution in [0.4, 0.5) is 10.5 Å². The number of fused-ring (bicyclic) bond motifs is 1. The van der Waals surface area contributed by atoms with E-state index in [1.54, 1.807) is 24.3 Å². The van der Waals surface area contributed by atoms with Gasteiger partial charge in [-0.2, -0.15) is 0 Å². The molecule has 4 aromatic rings. The summed E-state index contributed by atoms with van der Waals surface area (Å²) in [7, 11) is 1.50. The van der Waals surface area contributed by atoms with Gasteiger partial charge in [0.1, 0.15) is 23.7 Å². The molecule has 0 atom stereocenters. The van der Waals surface area contributed by atoms with Crippen LogP contribution in [0.5, 0.6) is 11.5 Å². The number of ether oxygens (including phenoxy) is 2. The minimum absolute atomic E-state index is 0.176. The summed E-state index contributed by atoms with van der Waals surface area (Å²) >= 11 is 12.7. The number of hydrogen-bond acceptors (Lipinski definition) is 5. The summed E-state index contributed by atoms with van der Waals surface area (Å²) in [6.07, 6.45) is 1.32. The van der Waals surface area contributed by atoms with Crippen molar-refractivity contribution in [3.05, 3.63) is 106 Å². The molecule has 0 spiro atoms. The number of halogens is 2. The minimum Gasteiger partial charge on any atom is -0.497 e. The van der Waals surface area contributed by atoms with Crippen molar-refractivity contribution in [3.63, 3.8) is 0 Å². The van der Waals surface area contributed by atoms with E-state index in [1.165, 1.54) is 25.3 Å². The lowest BCUT2D eigenvalue weighted by Gasteiger charge is -2.26. The third-order valence-electron chi connectivity index (χ3n) is 6.02. The zero-order valence-electron chi connectivity index (χ0n) is 20.0. The van der Waals surface area contributed by atoms with Gasteiger partial charge < -0.3 is 9.47 Å². The molecule has 0 aliphatic carbocycles. The lowest BCUT2D eigenvalue weighted by atomic mass is 10.0. The fourth-order valence-corrected chi connectivity index (χ4v) is 4.75. The fraction of sp³-hybridized carbons (Fsp3) is 0.0690. The molecule has 0 aromatic heterocycles. The Bertz CT molecular complexity index is 1610. The molecule has 38 heavy (non-hydrogen) atoms. The van der Waals surface area contributed by atoms with Crippen LogP contribution >= 0.6 is 23.2 Å². The van der Waals surface area contributed by atoms with E-state index in [1.807, 2.05) is 42.5 Å². The zero-order valence-corrected chi connectivity index (χ0v) is 21.5. The quantitative estimate of drug-likeness (QED) is 0.223. The van der Waals surface area contributed by atoms with Gasteiger partial charge in [0.2, 0.25) is 0 Å². The first-order valence-electron chi connectivity index (χ1n) is 11.5.